The van der Waals surface area contributed by atoms with Gasteiger partial charge in [-0.05, 0) is 23.8 Å². The van der Waals surface area contributed by atoms with Crippen molar-refractivity contribution in [2.75, 3.05) is 13.7 Å². The molecule has 0 bridgehead atoms. The average molecular weight is 416 g/mol. The van der Waals surface area contributed by atoms with Crippen molar-refractivity contribution in [2.45, 2.75) is 19.5 Å². The Labute approximate surface area is 160 Å². The number of methoxy groups -OCH3 is 1. The largest absolute Gasteiger partial charge is 0.496 e. The lowest BCUT2D eigenvalue weighted by Crippen LogP contribution is -3.10. The summed E-state index contributed by atoms with van der Waals surface area (Å²) < 4.78 is 6.53. The molecule has 2 heterocycles. The molecule has 0 fully saturated rings. The maximum Gasteiger partial charge on any atom is 0.129 e. The molecule has 1 unspecified atom stereocenters. The van der Waals surface area contributed by atoms with Gasteiger partial charge < -0.3 is 9.64 Å². The number of nitrogens with zero attached hydrogens (tertiary/aromatic N) is 1. The quantitative estimate of drug-likeness (QED) is 0.702. The van der Waals surface area contributed by atoms with E-state index in [9.17, 15) is 0 Å². The number of benzene rings is 2. The van der Waals surface area contributed by atoms with Gasteiger partial charge >= 0.3 is 0 Å². The maximum absolute atomic E-state index is 5.49. The number of aromatic nitrogens is 1. The highest BCUT2D eigenvalue weighted by Crippen LogP contribution is 2.34. The zero-order valence-corrected chi connectivity index (χ0v) is 16.5. The Morgan fingerprint density at radius 1 is 1.20 bits per heavy atom. The standard InChI is InChI=1S/C20H19BrN2OS/c1-24-19-7-6-16(21)10-18(19)20-22-17(13-25-20)12-23-9-8-14-4-2-3-5-15(14)11-23/h2-7,10,13H,8-9,11-12H2,1H3/p+1. The number of fused-ring (bicyclic) bond motifs is 1. The molecular formula is C20H20BrN2OS+. The predicted octanol–water partition coefficient (Wildman–Crippen LogP) is 3.72. The van der Waals surface area contributed by atoms with E-state index in [0.29, 0.717) is 0 Å². The minimum absolute atomic E-state index is 0.864. The number of hydrogen-bond donors (Lipinski definition) is 1. The SMILES string of the molecule is COc1ccc(Br)cc1-c1nc(C[NH+]2CCc3ccccc3C2)cs1. The van der Waals surface area contributed by atoms with Gasteiger partial charge in [-0.3, -0.25) is 0 Å². The van der Waals surface area contributed by atoms with Gasteiger partial charge in [0.2, 0.25) is 0 Å². The molecule has 1 aliphatic heterocycles. The average Bonchev–Trinajstić information content (AvgIpc) is 3.10. The van der Waals surface area contributed by atoms with Crippen LogP contribution >= 0.6 is 27.3 Å². The van der Waals surface area contributed by atoms with Crippen LogP contribution in [0.2, 0.25) is 0 Å². The van der Waals surface area contributed by atoms with Crippen LogP contribution in [0.25, 0.3) is 10.6 Å². The van der Waals surface area contributed by atoms with Crippen LogP contribution in [0.3, 0.4) is 0 Å². The minimum Gasteiger partial charge on any atom is -0.496 e. The van der Waals surface area contributed by atoms with Gasteiger partial charge in [0, 0.05) is 21.8 Å². The van der Waals surface area contributed by atoms with Crippen molar-refractivity contribution in [3.8, 4) is 16.3 Å². The second-order valence-electron chi connectivity index (χ2n) is 6.36. The van der Waals surface area contributed by atoms with E-state index in [0.717, 1.165) is 46.0 Å². The molecule has 1 atom stereocenters. The Kier molecular flexibility index (Phi) is 4.88. The molecule has 0 amide bonds. The monoisotopic (exact) mass is 415 g/mol. The van der Waals surface area contributed by atoms with Crippen molar-refractivity contribution in [3.63, 3.8) is 0 Å². The van der Waals surface area contributed by atoms with Gasteiger partial charge in [-0.15, -0.1) is 11.3 Å². The highest BCUT2D eigenvalue weighted by Gasteiger charge is 2.20. The van der Waals surface area contributed by atoms with Crippen molar-refractivity contribution in [3.05, 3.63) is 69.1 Å². The van der Waals surface area contributed by atoms with Gasteiger partial charge in [0.15, 0.2) is 0 Å². The van der Waals surface area contributed by atoms with Crippen LogP contribution in [0.4, 0.5) is 0 Å². The molecule has 128 valence electrons. The lowest BCUT2D eigenvalue weighted by Gasteiger charge is -2.25. The van der Waals surface area contributed by atoms with E-state index in [1.165, 1.54) is 17.7 Å². The highest BCUT2D eigenvalue weighted by atomic mass is 79.9. The molecule has 3 nitrogen and oxygen atoms in total. The van der Waals surface area contributed by atoms with Crippen LogP contribution in [-0.4, -0.2) is 18.6 Å². The van der Waals surface area contributed by atoms with Crippen LogP contribution in [0, 0.1) is 0 Å². The van der Waals surface area contributed by atoms with E-state index < -0.39 is 0 Å². The first-order valence-corrected chi connectivity index (χ1v) is 10.1. The highest BCUT2D eigenvalue weighted by molar-refractivity contribution is 9.10. The fourth-order valence-electron chi connectivity index (χ4n) is 3.41. The van der Waals surface area contributed by atoms with Crippen molar-refractivity contribution < 1.29 is 9.64 Å². The van der Waals surface area contributed by atoms with E-state index in [-0.39, 0.29) is 0 Å². The van der Waals surface area contributed by atoms with E-state index in [2.05, 4.69) is 51.6 Å². The molecule has 3 aromatic rings. The summed E-state index contributed by atoms with van der Waals surface area (Å²) in [7, 11) is 1.70. The van der Waals surface area contributed by atoms with Crippen LogP contribution in [0.15, 0.2) is 52.3 Å². The maximum atomic E-state index is 5.49. The molecule has 25 heavy (non-hydrogen) atoms. The van der Waals surface area contributed by atoms with Crippen molar-refractivity contribution in [2.24, 2.45) is 0 Å². The van der Waals surface area contributed by atoms with Gasteiger partial charge in [-0.1, -0.05) is 40.2 Å². The summed E-state index contributed by atoms with van der Waals surface area (Å²) in [5, 5.41) is 3.20. The normalized spacial score (nSPS) is 16.5. The van der Waals surface area contributed by atoms with E-state index in [4.69, 9.17) is 9.72 Å². The summed E-state index contributed by atoms with van der Waals surface area (Å²) >= 11 is 5.23. The Morgan fingerprint density at radius 3 is 2.88 bits per heavy atom. The first-order chi connectivity index (χ1) is 12.2. The van der Waals surface area contributed by atoms with Gasteiger partial charge in [-0.25, -0.2) is 4.98 Å². The third kappa shape index (κ3) is 3.64. The van der Waals surface area contributed by atoms with E-state index >= 15 is 0 Å². The van der Waals surface area contributed by atoms with Gasteiger partial charge in [0.25, 0.3) is 0 Å². The van der Waals surface area contributed by atoms with E-state index in [1.54, 1.807) is 23.3 Å². The zero-order chi connectivity index (χ0) is 17.2. The second-order valence-corrected chi connectivity index (χ2v) is 8.13. The molecule has 5 heteroatoms. The molecule has 0 spiro atoms. The molecular weight excluding hydrogens is 396 g/mol. The number of halogens is 1. The minimum atomic E-state index is 0.864. The van der Waals surface area contributed by atoms with Crippen LogP contribution in [0.1, 0.15) is 16.8 Å². The van der Waals surface area contributed by atoms with Crippen molar-refractivity contribution >= 4 is 27.3 Å². The number of quaternary nitrogens is 1. The Bertz CT molecular complexity index is 893. The molecule has 0 saturated carbocycles. The molecule has 0 radical (unpaired) electrons. The van der Waals surface area contributed by atoms with Gasteiger partial charge in [-0.2, -0.15) is 0 Å². The number of nitrogens with one attached hydrogen (secondary N) is 1. The summed E-state index contributed by atoms with van der Waals surface area (Å²) in [5.74, 6) is 0.864. The molecule has 2 aromatic carbocycles. The van der Waals surface area contributed by atoms with Crippen molar-refractivity contribution in [1.29, 1.82) is 0 Å². The number of ether oxygens (including phenoxy) is 1. The summed E-state index contributed by atoms with van der Waals surface area (Å²) in [6.45, 7) is 3.23. The molecule has 0 aliphatic carbocycles. The molecule has 1 aromatic heterocycles. The Morgan fingerprint density at radius 2 is 2.04 bits per heavy atom. The smallest absolute Gasteiger partial charge is 0.129 e. The van der Waals surface area contributed by atoms with Gasteiger partial charge in [0.1, 0.15) is 29.5 Å². The lowest BCUT2D eigenvalue weighted by molar-refractivity contribution is -0.929. The first kappa shape index (κ1) is 16.8. The van der Waals surface area contributed by atoms with Crippen molar-refractivity contribution in [1.82, 2.24) is 4.98 Å². The number of rotatable bonds is 4. The first-order valence-electron chi connectivity index (χ1n) is 8.41. The molecule has 4 rings (SSSR count). The van der Waals surface area contributed by atoms with E-state index in [1.807, 2.05) is 12.1 Å². The molecule has 1 N–H and O–H groups in total. The third-order valence-electron chi connectivity index (χ3n) is 4.68. The Hall–Kier alpha value is -1.69. The second kappa shape index (κ2) is 7.28. The van der Waals surface area contributed by atoms with Crippen LogP contribution in [0.5, 0.6) is 5.75 Å². The predicted molar refractivity (Wildman–Crippen MR) is 105 cm³/mol. The molecule has 1 aliphatic rings. The topological polar surface area (TPSA) is 26.6 Å². The number of hydrogen-bond acceptors (Lipinski definition) is 3. The third-order valence-corrected chi connectivity index (χ3v) is 6.10. The van der Waals surface area contributed by atoms with Gasteiger partial charge in [0.05, 0.1) is 19.2 Å². The Balaban J connectivity index is 1.52. The zero-order valence-electron chi connectivity index (χ0n) is 14.1. The molecule has 0 saturated heterocycles. The van der Waals surface area contributed by atoms with Crippen LogP contribution < -0.4 is 9.64 Å². The lowest BCUT2D eigenvalue weighted by atomic mass is 10.00. The summed E-state index contributed by atoms with van der Waals surface area (Å²) in [6, 6.07) is 14.8. The number of thiazole rings is 1. The fraction of sp³-hybridized carbons (Fsp3) is 0.250. The summed E-state index contributed by atoms with van der Waals surface area (Å²) in [6.07, 6.45) is 1.15. The fourth-order valence-corrected chi connectivity index (χ4v) is 4.61. The summed E-state index contributed by atoms with van der Waals surface area (Å²) in [5.41, 5.74) is 5.19. The van der Waals surface area contributed by atoms with Crippen LogP contribution in [-0.2, 0) is 19.5 Å². The summed E-state index contributed by atoms with van der Waals surface area (Å²) in [4.78, 5) is 6.46.